The number of para-hydroxylation sites is 1. The number of halogens is 2. The van der Waals surface area contributed by atoms with E-state index < -0.39 is 35.3 Å². The summed E-state index contributed by atoms with van der Waals surface area (Å²) in [5, 5.41) is 6.33. The van der Waals surface area contributed by atoms with Crippen LogP contribution in [0.3, 0.4) is 0 Å². The van der Waals surface area contributed by atoms with Crippen LogP contribution in [0.25, 0.3) is 22.4 Å². The lowest BCUT2D eigenvalue weighted by atomic mass is 10.0. The average Bonchev–Trinajstić information content (AvgIpc) is 3.16. The van der Waals surface area contributed by atoms with Gasteiger partial charge in [-0.3, -0.25) is 4.79 Å². The molecule has 0 fully saturated rings. The van der Waals surface area contributed by atoms with Gasteiger partial charge in [-0.1, -0.05) is 41.1 Å². The van der Waals surface area contributed by atoms with Crippen molar-refractivity contribution in [3.8, 4) is 11.3 Å². The summed E-state index contributed by atoms with van der Waals surface area (Å²) in [5.74, 6) is -3.61. The third-order valence-electron chi connectivity index (χ3n) is 5.05. The molecule has 0 aliphatic heterocycles. The Kier molecular flexibility index (Phi) is 5.87. The first kappa shape index (κ1) is 22.1. The van der Waals surface area contributed by atoms with Crippen molar-refractivity contribution < 1.29 is 27.6 Å². The highest BCUT2D eigenvalue weighted by atomic mass is 19.1. The zero-order chi connectivity index (χ0) is 23.7. The summed E-state index contributed by atoms with van der Waals surface area (Å²) < 4.78 is 38.2. The number of fused-ring (bicyclic) bond motifs is 1. The maximum atomic E-state index is 13.8. The Morgan fingerprint density at radius 1 is 1.06 bits per heavy atom. The van der Waals surface area contributed by atoms with Gasteiger partial charge in [-0.15, -0.1) is 0 Å². The number of hydrogen-bond donors (Lipinski definition) is 1. The van der Waals surface area contributed by atoms with E-state index in [2.05, 4.69) is 15.5 Å². The molecule has 0 saturated heterocycles. The third kappa shape index (κ3) is 4.43. The molecule has 0 saturated carbocycles. The van der Waals surface area contributed by atoms with Gasteiger partial charge in [-0.25, -0.2) is 18.6 Å². The maximum Gasteiger partial charge on any atom is 0.339 e. The van der Waals surface area contributed by atoms with Crippen LogP contribution >= 0.6 is 0 Å². The lowest BCUT2D eigenvalue weighted by Crippen LogP contribution is -2.30. The van der Waals surface area contributed by atoms with E-state index in [1.54, 1.807) is 6.92 Å². The van der Waals surface area contributed by atoms with Gasteiger partial charge in [-0.2, -0.15) is 0 Å². The van der Waals surface area contributed by atoms with E-state index >= 15 is 0 Å². The van der Waals surface area contributed by atoms with Crippen LogP contribution in [-0.2, 0) is 9.53 Å². The molecule has 2 aromatic heterocycles. The largest absolute Gasteiger partial charge is 0.449 e. The fourth-order valence-corrected chi connectivity index (χ4v) is 3.25. The minimum Gasteiger partial charge on any atom is -0.449 e. The number of aryl methyl sites for hydroxylation is 2. The molecular weight excluding hydrogens is 432 g/mol. The van der Waals surface area contributed by atoms with E-state index in [0.717, 1.165) is 23.3 Å². The third-order valence-corrected chi connectivity index (χ3v) is 5.05. The van der Waals surface area contributed by atoms with E-state index in [0.29, 0.717) is 16.8 Å². The van der Waals surface area contributed by atoms with Gasteiger partial charge in [0.1, 0.15) is 17.3 Å². The molecule has 33 heavy (non-hydrogen) atoms. The average molecular weight is 451 g/mol. The van der Waals surface area contributed by atoms with Crippen molar-refractivity contribution in [1.82, 2.24) is 10.1 Å². The smallest absolute Gasteiger partial charge is 0.339 e. The van der Waals surface area contributed by atoms with Crippen LogP contribution < -0.4 is 5.32 Å². The monoisotopic (exact) mass is 451 g/mol. The Bertz CT molecular complexity index is 1350. The number of rotatable bonds is 5. The number of aromatic nitrogens is 2. The molecule has 0 radical (unpaired) electrons. The maximum absolute atomic E-state index is 13.8. The summed E-state index contributed by atoms with van der Waals surface area (Å²) in [6, 6.07) is 12.2. The fourth-order valence-electron chi connectivity index (χ4n) is 3.25. The molecule has 1 atom stereocenters. The van der Waals surface area contributed by atoms with E-state index in [1.165, 1.54) is 19.1 Å². The molecule has 1 N–H and O–H groups in total. The van der Waals surface area contributed by atoms with E-state index in [9.17, 15) is 18.4 Å². The Morgan fingerprint density at radius 3 is 2.39 bits per heavy atom. The Labute approximate surface area is 187 Å². The second kappa shape index (κ2) is 8.78. The summed E-state index contributed by atoms with van der Waals surface area (Å²) in [6.07, 6.45) is -1.34. The normalized spacial score (nSPS) is 11.9. The quantitative estimate of drug-likeness (QED) is 0.431. The molecule has 4 aromatic rings. The first-order valence-electron chi connectivity index (χ1n) is 10.0. The second-order valence-corrected chi connectivity index (χ2v) is 7.50. The minimum atomic E-state index is -1.34. The number of nitrogens with one attached hydrogen (secondary N) is 1. The molecule has 2 heterocycles. The molecule has 1 unspecified atom stereocenters. The van der Waals surface area contributed by atoms with Crippen molar-refractivity contribution in [2.24, 2.45) is 0 Å². The summed E-state index contributed by atoms with van der Waals surface area (Å²) in [7, 11) is 0. The molecule has 0 spiro atoms. The van der Waals surface area contributed by atoms with Crippen molar-refractivity contribution >= 4 is 28.7 Å². The van der Waals surface area contributed by atoms with Gasteiger partial charge in [0.05, 0.1) is 22.3 Å². The molecule has 168 valence electrons. The first-order valence-corrected chi connectivity index (χ1v) is 10.0. The predicted molar refractivity (Wildman–Crippen MR) is 117 cm³/mol. The number of anilines is 1. The SMILES string of the molecule is Cc1ccc(-c2cc(C(=O)OC(C)C(=O)Nc3c(F)cccc3F)c3c(C)noc3n2)cc1. The number of carbonyl (C=O) groups is 2. The van der Waals surface area contributed by atoms with E-state index in [-0.39, 0.29) is 11.3 Å². The number of pyridine rings is 1. The van der Waals surface area contributed by atoms with Gasteiger partial charge in [-0.05, 0) is 39.0 Å². The topological polar surface area (TPSA) is 94.3 Å². The van der Waals surface area contributed by atoms with Gasteiger partial charge in [0.25, 0.3) is 11.6 Å². The number of ether oxygens (including phenoxy) is 1. The van der Waals surface area contributed by atoms with Crippen LogP contribution in [0.1, 0.15) is 28.5 Å². The predicted octanol–water partition coefficient (Wildman–Crippen LogP) is 4.97. The van der Waals surface area contributed by atoms with Gasteiger partial charge >= 0.3 is 5.97 Å². The van der Waals surface area contributed by atoms with Crippen LogP contribution in [0.2, 0.25) is 0 Å². The van der Waals surface area contributed by atoms with Crippen molar-refractivity contribution in [3.63, 3.8) is 0 Å². The highest BCUT2D eigenvalue weighted by molar-refractivity contribution is 6.05. The first-order chi connectivity index (χ1) is 15.7. The molecule has 2 aromatic carbocycles. The van der Waals surface area contributed by atoms with Crippen LogP contribution in [0.5, 0.6) is 0 Å². The van der Waals surface area contributed by atoms with E-state index in [1.807, 2.05) is 31.2 Å². The Balaban J connectivity index is 1.62. The van der Waals surface area contributed by atoms with Crippen LogP contribution in [0.15, 0.2) is 53.1 Å². The van der Waals surface area contributed by atoms with Gasteiger partial charge in [0.2, 0.25) is 0 Å². The lowest BCUT2D eigenvalue weighted by Gasteiger charge is -2.15. The molecule has 0 aliphatic carbocycles. The van der Waals surface area contributed by atoms with Gasteiger partial charge < -0.3 is 14.6 Å². The van der Waals surface area contributed by atoms with Crippen LogP contribution in [0, 0.1) is 25.5 Å². The highest BCUT2D eigenvalue weighted by Gasteiger charge is 2.25. The summed E-state index contributed by atoms with van der Waals surface area (Å²) in [5.41, 5.74) is 2.30. The molecular formula is C24H19F2N3O4. The van der Waals surface area contributed by atoms with Crippen molar-refractivity contribution in [3.05, 3.63) is 77.0 Å². The highest BCUT2D eigenvalue weighted by Crippen LogP contribution is 2.28. The zero-order valence-corrected chi connectivity index (χ0v) is 18.0. The number of hydrogen-bond acceptors (Lipinski definition) is 6. The number of esters is 1. The molecule has 0 aliphatic rings. The summed E-state index contributed by atoms with van der Waals surface area (Å²) in [4.78, 5) is 29.8. The molecule has 0 bridgehead atoms. The van der Waals surface area contributed by atoms with Crippen LogP contribution in [0.4, 0.5) is 14.5 Å². The lowest BCUT2D eigenvalue weighted by molar-refractivity contribution is -0.123. The van der Waals surface area contributed by atoms with Crippen LogP contribution in [-0.4, -0.2) is 28.1 Å². The summed E-state index contributed by atoms with van der Waals surface area (Å²) >= 11 is 0. The standard InChI is InChI=1S/C24H19F2N3O4/c1-12-7-9-15(10-8-12)19-11-16(20-13(2)29-33-23(20)27-19)24(31)32-14(3)22(30)28-21-17(25)5-4-6-18(21)26/h4-11,14H,1-3H3,(H,28,30). The minimum absolute atomic E-state index is 0.103. The molecule has 1 amide bonds. The zero-order valence-electron chi connectivity index (χ0n) is 18.0. The Hall–Kier alpha value is -4.14. The Morgan fingerprint density at radius 2 is 1.73 bits per heavy atom. The fraction of sp³-hybridized carbons (Fsp3) is 0.167. The number of amides is 1. The van der Waals surface area contributed by atoms with E-state index in [4.69, 9.17) is 9.26 Å². The van der Waals surface area contributed by atoms with Crippen molar-refractivity contribution in [2.45, 2.75) is 26.9 Å². The van der Waals surface area contributed by atoms with Crippen molar-refractivity contribution in [2.75, 3.05) is 5.32 Å². The molecule has 9 heteroatoms. The second-order valence-electron chi connectivity index (χ2n) is 7.50. The number of benzene rings is 2. The number of carbonyl (C=O) groups excluding carboxylic acids is 2. The van der Waals surface area contributed by atoms with Crippen molar-refractivity contribution in [1.29, 1.82) is 0 Å². The van der Waals surface area contributed by atoms with Gasteiger partial charge in [0.15, 0.2) is 6.10 Å². The number of nitrogens with zero attached hydrogens (tertiary/aromatic N) is 2. The van der Waals surface area contributed by atoms with Gasteiger partial charge in [0, 0.05) is 5.56 Å². The summed E-state index contributed by atoms with van der Waals surface area (Å²) in [6.45, 7) is 4.89. The molecule has 4 rings (SSSR count). The molecule has 7 nitrogen and oxygen atoms in total.